The molecule has 0 amide bonds. The molecule has 78 valence electrons. The second-order valence-electron chi connectivity index (χ2n) is 4.36. The number of aromatic amines is 1. The Labute approximate surface area is 86.9 Å². The molecule has 0 aromatic carbocycles. The number of aryl methyl sites for hydroxylation is 1. The maximum absolute atomic E-state index is 11.7. The van der Waals surface area contributed by atoms with Gasteiger partial charge in [-0.25, -0.2) is 4.52 Å². The Morgan fingerprint density at radius 3 is 3.33 bits per heavy atom. The van der Waals surface area contributed by atoms with E-state index in [-0.39, 0.29) is 5.56 Å². The number of fused-ring (bicyclic) bond motifs is 3. The lowest BCUT2D eigenvalue weighted by Crippen LogP contribution is -2.13. The van der Waals surface area contributed by atoms with Crippen molar-refractivity contribution in [1.82, 2.24) is 14.6 Å². The van der Waals surface area contributed by atoms with Gasteiger partial charge in [0.15, 0.2) is 0 Å². The van der Waals surface area contributed by atoms with Crippen molar-refractivity contribution in [3.05, 3.63) is 34.0 Å². The molecular weight excluding hydrogens is 190 g/mol. The monoisotopic (exact) mass is 203 g/mol. The van der Waals surface area contributed by atoms with E-state index in [2.05, 4.69) is 17.0 Å². The molecule has 0 saturated carbocycles. The van der Waals surface area contributed by atoms with E-state index in [9.17, 15) is 4.79 Å². The fourth-order valence-electron chi connectivity index (χ4n) is 2.37. The number of nitrogens with zero attached hydrogens (tertiary/aromatic N) is 2. The highest BCUT2D eigenvalue weighted by Crippen LogP contribution is 2.26. The van der Waals surface area contributed by atoms with Crippen LogP contribution in [-0.2, 0) is 12.8 Å². The van der Waals surface area contributed by atoms with Crippen LogP contribution in [0.15, 0.2) is 17.2 Å². The number of H-pyrrole nitrogens is 1. The van der Waals surface area contributed by atoms with E-state index in [1.807, 2.05) is 0 Å². The molecule has 0 spiro atoms. The first kappa shape index (κ1) is 8.71. The highest BCUT2D eigenvalue weighted by atomic mass is 16.1. The van der Waals surface area contributed by atoms with Crippen molar-refractivity contribution in [2.45, 2.75) is 26.2 Å². The van der Waals surface area contributed by atoms with Crippen molar-refractivity contribution in [2.75, 3.05) is 0 Å². The number of nitrogens with one attached hydrogen (secondary N) is 1. The molecule has 0 unspecified atom stereocenters. The Bertz CT molecular complexity index is 567. The summed E-state index contributed by atoms with van der Waals surface area (Å²) in [6.07, 6.45) is 6.59. The average Bonchev–Trinajstić information content (AvgIpc) is 2.57. The first-order valence-corrected chi connectivity index (χ1v) is 5.33. The van der Waals surface area contributed by atoms with Crippen LogP contribution in [0.5, 0.6) is 0 Å². The normalized spacial score (nSPS) is 20.5. The third-order valence-corrected chi connectivity index (χ3v) is 3.16. The van der Waals surface area contributed by atoms with E-state index < -0.39 is 0 Å². The van der Waals surface area contributed by atoms with Crippen LogP contribution in [0.25, 0.3) is 5.52 Å². The highest BCUT2D eigenvalue weighted by molar-refractivity contribution is 5.55. The predicted molar refractivity (Wildman–Crippen MR) is 57.0 cm³/mol. The maximum Gasteiger partial charge on any atom is 0.274 e. The lowest BCUT2D eigenvalue weighted by Gasteiger charge is -2.16. The van der Waals surface area contributed by atoms with Gasteiger partial charge in [-0.05, 0) is 25.2 Å². The average molecular weight is 203 g/mol. The predicted octanol–water partition coefficient (Wildman–Crippen LogP) is 1.15. The smallest absolute Gasteiger partial charge is 0.274 e. The second kappa shape index (κ2) is 2.95. The zero-order valence-corrected chi connectivity index (χ0v) is 8.66. The van der Waals surface area contributed by atoms with Crippen molar-refractivity contribution >= 4 is 5.52 Å². The zero-order chi connectivity index (χ0) is 10.4. The summed E-state index contributed by atoms with van der Waals surface area (Å²) >= 11 is 0. The largest absolute Gasteiger partial charge is 0.326 e. The summed E-state index contributed by atoms with van der Waals surface area (Å²) in [5.41, 5.74) is 2.96. The van der Waals surface area contributed by atoms with E-state index in [4.69, 9.17) is 0 Å². The van der Waals surface area contributed by atoms with Crippen LogP contribution in [0.4, 0.5) is 0 Å². The van der Waals surface area contributed by atoms with Gasteiger partial charge in [0.2, 0.25) is 0 Å². The molecule has 2 heterocycles. The fourth-order valence-corrected chi connectivity index (χ4v) is 2.37. The summed E-state index contributed by atoms with van der Waals surface area (Å²) in [7, 11) is 0. The summed E-state index contributed by atoms with van der Waals surface area (Å²) < 4.78 is 1.71. The van der Waals surface area contributed by atoms with Gasteiger partial charge >= 0.3 is 0 Å². The Morgan fingerprint density at radius 1 is 1.60 bits per heavy atom. The molecule has 15 heavy (non-hydrogen) atoms. The molecular formula is C11H13N3O. The van der Waals surface area contributed by atoms with E-state index in [0.29, 0.717) is 5.92 Å². The van der Waals surface area contributed by atoms with Gasteiger partial charge in [-0.2, -0.15) is 5.10 Å². The number of hydrogen-bond acceptors (Lipinski definition) is 2. The zero-order valence-electron chi connectivity index (χ0n) is 8.66. The van der Waals surface area contributed by atoms with E-state index >= 15 is 0 Å². The summed E-state index contributed by atoms with van der Waals surface area (Å²) in [4.78, 5) is 14.4. The van der Waals surface area contributed by atoms with Gasteiger partial charge in [-0.3, -0.25) is 4.79 Å². The van der Waals surface area contributed by atoms with Gasteiger partial charge < -0.3 is 4.98 Å². The second-order valence-corrected chi connectivity index (χ2v) is 4.36. The SMILES string of the molecule is C[C@H]1CCc2nn3cc[nH]c(=O)c3c2C1. The number of aromatic nitrogens is 3. The lowest BCUT2D eigenvalue weighted by atomic mass is 9.88. The Morgan fingerprint density at radius 2 is 2.47 bits per heavy atom. The lowest BCUT2D eigenvalue weighted by molar-refractivity contribution is 0.498. The molecule has 3 rings (SSSR count). The molecule has 2 aromatic heterocycles. The molecule has 1 N–H and O–H groups in total. The Hall–Kier alpha value is -1.58. The summed E-state index contributed by atoms with van der Waals surface area (Å²) in [6, 6.07) is 0. The molecule has 0 fully saturated rings. The molecule has 1 aliphatic rings. The van der Waals surface area contributed by atoms with Gasteiger partial charge in [0.1, 0.15) is 5.52 Å². The minimum Gasteiger partial charge on any atom is -0.326 e. The third kappa shape index (κ3) is 1.21. The minimum absolute atomic E-state index is 0.0275. The van der Waals surface area contributed by atoms with Gasteiger partial charge in [0.05, 0.1) is 5.69 Å². The van der Waals surface area contributed by atoms with E-state index in [1.165, 1.54) is 6.42 Å². The van der Waals surface area contributed by atoms with Crippen LogP contribution >= 0.6 is 0 Å². The topological polar surface area (TPSA) is 50.2 Å². The van der Waals surface area contributed by atoms with Crippen LogP contribution < -0.4 is 5.56 Å². The molecule has 4 nitrogen and oxygen atoms in total. The van der Waals surface area contributed by atoms with Gasteiger partial charge in [0.25, 0.3) is 5.56 Å². The quantitative estimate of drug-likeness (QED) is 0.698. The van der Waals surface area contributed by atoms with Crippen molar-refractivity contribution < 1.29 is 0 Å². The first-order chi connectivity index (χ1) is 7.25. The van der Waals surface area contributed by atoms with Crippen LogP contribution in [0.1, 0.15) is 24.6 Å². The van der Waals surface area contributed by atoms with Gasteiger partial charge in [-0.15, -0.1) is 0 Å². The summed E-state index contributed by atoms with van der Waals surface area (Å²) in [6.45, 7) is 2.23. The standard InChI is InChI=1S/C11H13N3O/c1-7-2-3-9-8(6-7)10-11(15)12-4-5-14(10)13-9/h4-5,7H,2-3,6H2,1H3,(H,12,15)/t7-/m0/s1. The third-order valence-electron chi connectivity index (χ3n) is 3.16. The molecule has 0 saturated heterocycles. The van der Waals surface area contributed by atoms with Gasteiger partial charge in [0, 0.05) is 18.0 Å². The van der Waals surface area contributed by atoms with E-state index in [0.717, 1.165) is 29.6 Å². The molecule has 1 atom stereocenters. The van der Waals surface area contributed by atoms with E-state index in [1.54, 1.807) is 16.9 Å². The molecule has 1 aliphatic carbocycles. The minimum atomic E-state index is -0.0275. The number of rotatable bonds is 0. The maximum atomic E-state index is 11.7. The first-order valence-electron chi connectivity index (χ1n) is 5.33. The van der Waals surface area contributed by atoms with Crippen molar-refractivity contribution in [2.24, 2.45) is 5.92 Å². The van der Waals surface area contributed by atoms with Crippen LogP contribution in [0.2, 0.25) is 0 Å². The Kier molecular flexibility index (Phi) is 1.71. The number of hydrogen-bond donors (Lipinski definition) is 1. The molecule has 0 bridgehead atoms. The molecule has 0 radical (unpaired) electrons. The van der Waals surface area contributed by atoms with Crippen molar-refractivity contribution in [3.8, 4) is 0 Å². The Balaban J connectivity index is 2.35. The molecule has 0 aliphatic heterocycles. The van der Waals surface area contributed by atoms with Crippen LogP contribution in [0, 0.1) is 5.92 Å². The van der Waals surface area contributed by atoms with Crippen LogP contribution in [-0.4, -0.2) is 14.6 Å². The molecule has 2 aromatic rings. The molecule has 4 heteroatoms. The summed E-state index contributed by atoms with van der Waals surface area (Å²) in [5, 5.41) is 4.45. The fraction of sp³-hybridized carbons (Fsp3) is 0.455. The highest BCUT2D eigenvalue weighted by Gasteiger charge is 2.22. The van der Waals surface area contributed by atoms with Gasteiger partial charge in [-0.1, -0.05) is 6.92 Å². The van der Waals surface area contributed by atoms with Crippen molar-refractivity contribution in [3.63, 3.8) is 0 Å². The van der Waals surface area contributed by atoms with Crippen molar-refractivity contribution in [1.29, 1.82) is 0 Å². The summed E-state index contributed by atoms with van der Waals surface area (Å²) in [5.74, 6) is 0.658. The van der Waals surface area contributed by atoms with Crippen LogP contribution in [0.3, 0.4) is 0 Å².